The summed E-state index contributed by atoms with van der Waals surface area (Å²) in [6.45, 7) is 0.377. The average molecular weight is 426 g/mol. The van der Waals surface area contributed by atoms with E-state index in [1.54, 1.807) is 0 Å². The molecule has 3 N–H and O–H groups in total. The molecule has 2 aromatic rings. The lowest BCUT2D eigenvalue weighted by molar-refractivity contribution is 0.0941. The lowest BCUT2D eigenvalue weighted by Crippen LogP contribution is -2.34. The number of sulfonamides is 1. The molecule has 1 atom stereocenters. The van der Waals surface area contributed by atoms with Crippen molar-refractivity contribution < 1.29 is 13.2 Å². The van der Waals surface area contributed by atoms with Crippen molar-refractivity contribution in [3.05, 3.63) is 64.1 Å². The van der Waals surface area contributed by atoms with Crippen molar-refractivity contribution >= 4 is 31.9 Å². The van der Waals surface area contributed by atoms with Crippen molar-refractivity contribution in [3.8, 4) is 0 Å². The summed E-state index contributed by atoms with van der Waals surface area (Å²) in [6.07, 6.45) is 0. The largest absolute Gasteiger partial charge is 0.350 e. The van der Waals surface area contributed by atoms with Gasteiger partial charge in [0.05, 0.1) is 16.5 Å². The quantitative estimate of drug-likeness (QED) is 0.740. The number of hydrogen-bond donors (Lipinski definition) is 2. The minimum absolute atomic E-state index is 0.00894. The Morgan fingerprint density at radius 3 is 2.40 bits per heavy atom. The molecular weight excluding hydrogens is 406 g/mol. The molecule has 0 heterocycles. The molecule has 6 nitrogen and oxygen atoms in total. The van der Waals surface area contributed by atoms with Crippen LogP contribution in [0.1, 0.15) is 22.0 Å². The Labute approximate surface area is 156 Å². The SMILES string of the molecule is CN(C)C(CNC(=O)c1cc(S(N)(=O)=O)ccc1Br)c1ccccc1. The third-order valence-corrected chi connectivity index (χ3v) is 5.38. The van der Waals surface area contributed by atoms with Gasteiger partial charge in [-0.1, -0.05) is 30.3 Å². The highest BCUT2D eigenvalue weighted by Crippen LogP contribution is 2.21. The summed E-state index contributed by atoms with van der Waals surface area (Å²) < 4.78 is 23.5. The Kier molecular flexibility index (Phi) is 6.34. The summed E-state index contributed by atoms with van der Waals surface area (Å²) in [6, 6.07) is 13.9. The number of rotatable bonds is 6. The molecule has 2 aromatic carbocycles. The number of hydrogen-bond acceptors (Lipinski definition) is 4. The van der Waals surface area contributed by atoms with Crippen molar-refractivity contribution in [1.29, 1.82) is 0 Å². The van der Waals surface area contributed by atoms with Crippen LogP contribution in [0.25, 0.3) is 0 Å². The highest BCUT2D eigenvalue weighted by Gasteiger charge is 2.18. The van der Waals surface area contributed by atoms with Gasteiger partial charge in [-0.25, -0.2) is 13.6 Å². The molecule has 0 spiro atoms. The van der Waals surface area contributed by atoms with Crippen molar-refractivity contribution in [1.82, 2.24) is 10.2 Å². The maximum Gasteiger partial charge on any atom is 0.252 e. The van der Waals surface area contributed by atoms with Crippen molar-refractivity contribution in [2.45, 2.75) is 10.9 Å². The molecule has 1 unspecified atom stereocenters. The van der Waals surface area contributed by atoms with Gasteiger partial charge in [-0.2, -0.15) is 0 Å². The number of nitrogens with zero attached hydrogens (tertiary/aromatic N) is 1. The second-order valence-corrected chi connectivity index (χ2v) is 8.20. The fourth-order valence-electron chi connectivity index (χ4n) is 2.41. The van der Waals surface area contributed by atoms with Gasteiger partial charge < -0.3 is 10.2 Å². The van der Waals surface area contributed by atoms with Crippen molar-refractivity contribution in [2.24, 2.45) is 5.14 Å². The molecule has 1 amide bonds. The van der Waals surface area contributed by atoms with E-state index in [2.05, 4.69) is 21.2 Å². The Hall–Kier alpha value is -1.74. The molecule has 8 heteroatoms. The van der Waals surface area contributed by atoms with E-state index in [-0.39, 0.29) is 22.4 Å². The van der Waals surface area contributed by atoms with Crippen LogP contribution in [0.4, 0.5) is 0 Å². The minimum Gasteiger partial charge on any atom is -0.350 e. The maximum absolute atomic E-state index is 12.5. The summed E-state index contributed by atoms with van der Waals surface area (Å²) in [7, 11) is -0.00855. The maximum atomic E-state index is 12.5. The first-order valence-electron chi connectivity index (χ1n) is 7.52. The first-order valence-corrected chi connectivity index (χ1v) is 9.86. The van der Waals surface area contributed by atoms with Gasteiger partial charge in [-0.05, 0) is 53.8 Å². The van der Waals surface area contributed by atoms with E-state index in [0.29, 0.717) is 11.0 Å². The molecule has 0 aromatic heterocycles. The molecule has 0 aliphatic carbocycles. The van der Waals surface area contributed by atoms with E-state index < -0.39 is 10.0 Å². The fraction of sp³-hybridized carbons (Fsp3) is 0.235. The number of amides is 1. The Morgan fingerprint density at radius 2 is 1.84 bits per heavy atom. The van der Waals surface area contributed by atoms with E-state index in [1.165, 1.54) is 18.2 Å². The van der Waals surface area contributed by atoms with E-state index in [9.17, 15) is 13.2 Å². The van der Waals surface area contributed by atoms with Crippen LogP contribution in [0.15, 0.2) is 57.9 Å². The number of halogens is 1. The predicted molar refractivity (Wildman–Crippen MR) is 101 cm³/mol. The summed E-state index contributed by atoms with van der Waals surface area (Å²) in [5.41, 5.74) is 1.29. The summed E-state index contributed by atoms with van der Waals surface area (Å²) in [5, 5.41) is 7.98. The molecule has 0 fully saturated rings. The third kappa shape index (κ3) is 5.12. The van der Waals surface area contributed by atoms with Crippen LogP contribution in [0, 0.1) is 0 Å². The van der Waals surface area contributed by atoms with Gasteiger partial charge in [0.25, 0.3) is 5.91 Å². The van der Waals surface area contributed by atoms with Crippen LogP contribution in [-0.2, 0) is 10.0 Å². The topological polar surface area (TPSA) is 92.5 Å². The van der Waals surface area contributed by atoms with Crippen LogP contribution in [0.3, 0.4) is 0 Å². The summed E-state index contributed by atoms with van der Waals surface area (Å²) in [4.78, 5) is 14.4. The van der Waals surface area contributed by atoms with Gasteiger partial charge in [-0.3, -0.25) is 4.79 Å². The highest BCUT2D eigenvalue weighted by molar-refractivity contribution is 9.10. The number of primary sulfonamides is 1. The minimum atomic E-state index is -3.87. The van der Waals surface area contributed by atoms with Crippen molar-refractivity contribution in [2.75, 3.05) is 20.6 Å². The van der Waals surface area contributed by atoms with Crippen LogP contribution in [0.5, 0.6) is 0 Å². The number of nitrogens with one attached hydrogen (secondary N) is 1. The number of nitrogens with two attached hydrogens (primary N) is 1. The molecule has 0 aliphatic heterocycles. The van der Waals surface area contributed by atoms with Gasteiger partial charge >= 0.3 is 0 Å². The van der Waals surface area contributed by atoms with E-state index in [4.69, 9.17) is 5.14 Å². The summed E-state index contributed by atoms with van der Waals surface area (Å²) >= 11 is 3.27. The number of likely N-dealkylation sites (N-methyl/N-ethyl adjacent to an activating group) is 1. The second-order valence-electron chi connectivity index (χ2n) is 5.79. The lowest BCUT2D eigenvalue weighted by atomic mass is 10.1. The molecule has 25 heavy (non-hydrogen) atoms. The van der Waals surface area contributed by atoms with Crippen LogP contribution in [-0.4, -0.2) is 39.9 Å². The van der Waals surface area contributed by atoms with Gasteiger partial charge in [0.1, 0.15) is 0 Å². The fourth-order valence-corrected chi connectivity index (χ4v) is 3.38. The molecular formula is C17H20BrN3O3S. The van der Waals surface area contributed by atoms with E-state index in [0.717, 1.165) is 5.56 Å². The molecule has 0 bridgehead atoms. The molecule has 2 rings (SSSR count). The molecule has 134 valence electrons. The molecule has 0 saturated heterocycles. The number of carbonyl (C=O) groups excluding carboxylic acids is 1. The van der Waals surface area contributed by atoms with Crippen molar-refractivity contribution in [3.63, 3.8) is 0 Å². The van der Waals surface area contributed by atoms with Gasteiger partial charge in [0, 0.05) is 11.0 Å². The van der Waals surface area contributed by atoms with Crippen LogP contribution >= 0.6 is 15.9 Å². The van der Waals surface area contributed by atoms with Gasteiger partial charge in [0.2, 0.25) is 10.0 Å². The predicted octanol–water partition coefficient (Wildman–Crippen LogP) is 2.13. The molecule has 0 saturated carbocycles. The van der Waals surface area contributed by atoms with Crippen LogP contribution < -0.4 is 10.5 Å². The van der Waals surface area contributed by atoms with Crippen LogP contribution in [0.2, 0.25) is 0 Å². The Morgan fingerprint density at radius 1 is 1.20 bits per heavy atom. The standard InChI is InChI=1S/C17H20BrN3O3S/c1-21(2)16(12-6-4-3-5-7-12)11-20-17(22)14-10-13(25(19,23)24)8-9-15(14)18/h3-10,16H,11H2,1-2H3,(H,20,22)(H2,19,23,24). The van der Waals surface area contributed by atoms with Gasteiger partial charge in [0.15, 0.2) is 0 Å². The molecule has 0 radical (unpaired) electrons. The zero-order valence-electron chi connectivity index (χ0n) is 13.9. The summed E-state index contributed by atoms with van der Waals surface area (Å²) in [5.74, 6) is -0.375. The number of carbonyl (C=O) groups is 1. The second kappa shape index (κ2) is 8.09. The monoisotopic (exact) mass is 425 g/mol. The third-order valence-electron chi connectivity index (χ3n) is 3.77. The lowest BCUT2D eigenvalue weighted by Gasteiger charge is -2.25. The first kappa shape index (κ1) is 19.6. The van der Waals surface area contributed by atoms with E-state index in [1.807, 2.05) is 49.3 Å². The highest BCUT2D eigenvalue weighted by atomic mass is 79.9. The average Bonchev–Trinajstić information content (AvgIpc) is 2.54. The number of benzene rings is 2. The van der Waals surface area contributed by atoms with Gasteiger partial charge in [-0.15, -0.1) is 0 Å². The zero-order chi connectivity index (χ0) is 18.6. The molecule has 0 aliphatic rings. The zero-order valence-corrected chi connectivity index (χ0v) is 16.3. The normalized spacial score (nSPS) is 12.8. The Balaban J connectivity index is 2.19. The smallest absolute Gasteiger partial charge is 0.252 e. The first-order chi connectivity index (χ1) is 11.7. The Bertz CT molecular complexity index is 855. The van der Waals surface area contributed by atoms with E-state index >= 15 is 0 Å².